The minimum absolute atomic E-state index is 0.131. The first-order valence-corrected chi connectivity index (χ1v) is 6.94. The van der Waals surface area contributed by atoms with Crippen molar-refractivity contribution in [1.82, 2.24) is 16.0 Å². The van der Waals surface area contributed by atoms with E-state index in [4.69, 9.17) is 9.52 Å². The second kappa shape index (κ2) is 8.71. The van der Waals surface area contributed by atoms with Crippen LogP contribution in [0.1, 0.15) is 26.0 Å². The van der Waals surface area contributed by atoms with Gasteiger partial charge in [0.05, 0.1) is 19.4 Å². The molecule has 0 bridgehead atoms. The van der Waals surface area contributed by atoms with E-state index < -0.39 is 23.9 Å². The summed E-state index contributed by atoms with van der Waals surface area (Å²) in [4.78, 5) is 34.1. The number of hydrogen-bond acceptors (Lipinski definition) is 4. The Morgan fingerprint density at radius 2 is 2.00 bits per heavy atom. The molecule has 0 saturated carbocycles. The lowest BCUT2D eigenvalue weighted by Gasteiger charge is -2.16. The molecule has 1 unspecified atom stereocenters. The van der Waals surface area contributed by atoms with Gasteiger partial charge in [0.25, 0.3) is 0 Å². The predicted molar refractivity (Wildman–Crippen MR) is 78.0 cm³/mol. The van der Waals surface area contributed by atoms with Gasteiger partial charge in [-0.05, 0) is 24.5 Å². The van der Waals surface area contributed by atoms with E-state index in [1.807, 2.05) is 13.8 Å². The fourth-order valence-corrected chi connectivity index (χ4v) is 1.74. The van der Waals surface area contributed by atoms with Crippen LogP contribution in [0.4, 0.5) is 4.79 Å². The number of carboxylic acid groups (broad SMARTS) is 1. The van der Waals surface area contributed by atoms with Crippen molar-refractivity contribution < 1.29 is 23.9 Å². The zero-order valence-corrected chi connectivity index (χ0v) is 12.6. The van der Waals surface area contributed by atoms with Crippen LogP contribution in [0.15, 0.2) is 22.8 Å². The van der Waals surface area contributed by atoms with Crippen LogP contribution >= 0.6 is 0 Å². The van der Waals surface area contributed by atoms with E-state index in [0.29, 0.717) is 12.2 Å². The predicted octanol–water partition coefficient (Wildman–Crippen LogP) is 0.694. The van der Waals surface area contributed by atoms with Crippen molar-refractivity contribution >= 4 is 17.9 Å². The maximum atomic E-state index is 11.6. The van der Waals surface area contributed by atoms with Gasteiger partial charge in [-0.25, -0.2) is 9.59 Å². The number of aliphatic carboxylic acids is 1. The Bertz CT molecular complexity index is 499. The van der Waals surface area contributed by atoms with Gasteiger partial charge < -0.3 is 25.5 Å². The number of carboxylic acids is 1. The number of carbonyl (C=O) groups excluding carboxylic acids is 2. The Kier molecular flexibility index (Phi) is 6.94. The number of hydrogen-bond donors (Lipinski definition) is 4. The summed E-state index contributed by atoms with van der Waals surface area (Å²) < 4.78 is 5.04. The molecule has 1 aromatic heterocycles. The van der Waals surface area contributed by atoms with Gasteiger partial charge in [0.2, 0.25) is 5.91 Å². The van der Waals surface area contributed by atoms with Gasteiger partial charge in [-0.15, -0.1) is 0 Å². The first kappa shape index (κ1) is 17.5. The highest BCUT2D eigenvalue weighted by molar-refractivity contribution is 5.87. The molecule has 3 amide bonds. The summed E-state index contributed by atoms with van der Waals surface area (Å²) in [6, 6.07) is 1.90. The molecule has 8 heteroatoms. The standard InChI is InChI=1S/C14H21N3O5/c1-9(2)6-11(13(19)20)17-12(18)8-16-14(21)15-7-10-4-3-5-22-10/h3-5,9,11H,6-8H2,1-2H3,(H,17,18)(H,19,20)(H2,15,16,21). The van der Waals surface area contributed by atoms with E-state index in [-0.39, 0.29) is 19.0 Å². The largest absolute Gasteiger partial charge is 0.480 e. The first-order chi connectivity index (χ1) is 10.4. The van der Waals surface area contributed by atoms with E-state index >= 15 is 0 Å². The average molecular weight is 311 g/mol. The summed E-state index contributed by atoms with van der Waals surface area (Å²) in [5.74, 6) is -0.932. The number of urea groups is 1. The quantitative estimate of drug-likeness (QED) is 0.563. The van der Waals surface area contributed by atoms with Crippen LogP contribution in [0.2, 0.25) is 0 Å². The Morgan fingerprint density at radius 3 is 2.55 bits per heavy atom. The molecular weight excluding hydrogens is 290 g/mol. The third-order valence-corrected chi connectivity index (χ3v) is 2.75. The van der Waals surface area contributed by atoms with Gasteiger partial charge in [0.15, 0.2) is 0 Å². The van der Waals surface area contributed by atoms with Crippen molar-refractivity contribution in [2.45, 2.75) is 32.9 Å². The molecule has 0 aromatic carbocycles. The van der Waals surface area contributed by atoms with E-state index in [9.17, 15) is 14.4 Å². The third kappa shape index (κ3) is 6.78. The number of carbonyl (C=O) groups is 3. The highest BCUT2D eigenvalue weighted by Gasteiger charge is 2.21. The molecule has 0 saturated heterocycles. The second-order valence-corrected chi connectivity index (χ2v) is 5.20. The van der Waals surface area contributed by atoms with E-state index in [0.717, 1.165) is 0 Å². The van der Waals surface area contributed by atoms with Crippen molar-refractivity contribution in [2.75, 3.05) is 6.54 Å². The van der Waals surface area contributed by atoms with Gasteiger partial charge in [-0.3, -0.25) is 4.79 Å². The average Bonchev–Trinajstić information content (AvgIpc) is 2.94. The van der Waals surface area contributed by atoms with Crippen LogP contribution < -0.4 is 16.0 Å². The Balaban J connectivity index is 2.28. The molecule has 0 spiro atoms. The monoisotopic (exact) mass is 311 g/mol. The van der Waals surface area contributed by atoms with Gasteiger partial charge >= 0.3 is 12.0 Å². The molecular formula is C14H21N3O5. The zero-order chi connectivity index (χ0) is 16.5. The molecule has 0 aliphatic carbocycles. The van der Waals surface area contributed by atoms with Crippen LogP contribution in [0.25, 0.3) is 0 Å². The van der Waals surface area contributed by atoms with E-state index in [1.165, 1.54) is 6.26 Å². The fourth-order valence-electron chi connectivity index (χ4n) is 1.74. The molecule has 1 atom stereocenters. The topological polar surface area (TPSA) is 121 Å². The molecule has 22 heavy (non-hydrogen) atoms. The maximum Gasteiger partial charge on any atom is 0.326 e. The molecule has 0 fully saturated rings. The van der Waals surface area contributed by atoms with Crippen LogP contribution in [0.3, 0.4) is 0 Å². The Labute approximate surface area is 128 Å². The van der Waals surface area contributed by atoms with Crippen LogP contribution in [0.5, 0.6) is 0 Å². The van der Waals surface area contributed by atoms with Crippen molar-refractivity contribution in [3.05, 3.63) is 24.2 Å². The summed E-state index contributed by atoms with van der Waals surface area (Å²) in [6.45, 7) is 3.63. The van der Waals surface area contributed by atoms with Crippen molar-refractivity contribution in [1.29, 1.82) is 0 Å². The minimum atomic E-state index is -1.09. The van der Waals surface area contributed by atoms with Crippen LogP contribution in [-0.2, 0) is 16.1 Å². The summed E-state index contributed by atoms with van der Waals surface area (Å²) >= 11 is 0. The van der Waals surface area contributed by atoms with Crippen LogP contribution in [0, 0.1) is 5.92 Å². The molecule has 1 aromatic rings. The first-order valence-electron chi connectivity index (χ1n) is 6.94. The van der Waals surface area contributed by atoms with Gasteiger partial charge in [0.1, 0.15) is 11.8 Å². The molecule has 1 rings (SSSR count). The van der Waals surface area contributed by atoms with Gasteiger partial charge in [0, 0.05) is 0 Å². The number of furan rings is 1. The minimum Gasteiger partial charge on any atom is -0.480 e. The summed E-state index contributed by atoms with van der Waals surface area (Å²) in [7, 11) is 0. The van der Waals surface area contributed by atoms with Gasteiger partial charge in [-0.2, -0.15) is 0 Å². The lowest BCUT2D eigenvalue weighted by Crippen LogP contribution is -2.47. The van der Waals surface area contributed by atoms with Crippen molar-refractivity contribution in [2.24, 2.45) is 5.92 Å². The summed E-state index contributed by atoms with van der Waals surface area (Å²) in [5, 5.41) is 16.2. The summed E-state index contributed by atoms with van der Waals surface area (Å²) in [6.07, 6.45) is 1.81. The molecule has 0 aliphatic rings. The lowest BCUT2D eigenvalue weighted by molar-refractivity contribution is -0.142. The highest BCUT2D eigenvalue weighted by Crippen LogP contribution is 2.04. The maximum absolute atomic E-state index is 11.6. The smallest absolute Gasteiger partial charge is 0.326 e. The third-order valence-electron chi connectivity index (χ3n) is 2.75. The molecule has 8 nitrogen and oxygen atoms in total. The molecule has 122 valence electrons. The zero-order valence-electron chi connectivity index (χ0n) is 12.6. The molecule has 0 aliphatic heterocycles. The van der Waals surface area contributed by atoms with E-state index in [2.05, 4.69) is 16.0 Å². The normalized spacial score (nSPS) is 11.8. The lowest BCUT2D eigenvalue weighted by atomic mass is 10.0. The Hall–Kier alpha value is -2.51. The number of rotatable bonds is 8. The van der Waals surface area contributed by atoms with Crippen molar-refractivity contribution in [3.63, 3.8) is 0 Å². The SMILES string of the molecule is CC(C)CC(NC(=O)CNC(=O)NCc1ccco1)C(=O)O. The Morgan fingerprint density at radius 1 is 1.27 bits per heavy atom. The van der Waals surface area contributed by atoms with Crippen LogP contribution in [-0.4, -0.2) is 35.6 Å². The van der Waals surface area contributed by atoms with Crippen molar-refractivity contribution in [3.8, 4) is 0 Å². The molecule has 0 radical (unpaired) electrons. The summed E-state index contributed by atoms with van der Waals surface area (Å²) in [5.41, 5.74) is 0. The van der Waals surface area contributed by atoms with Gasteiger partial charge in [-0.1, -0.05) is 13.8 Å². The fraction of sp³-hybridized carbons (Fsp3) is 0.500. The molecule has 4 N–H and O–H groups in total. The van der Waals surface area contributed by atoms with E-state index in [1.54, 1.807) is 12.1 Å². The number of amides is 3. The number of nitrogens with one attached hydrogen (secondary N) is 3. The second-order valence-electron chi connectivity index (χ2n) is 5.20. The highest BCUT2D eigenvalue weighted by atomic mass is 16.4. The molecule has 1 heterocycles.